The maximum Gasteiger partial charge on any atom is 0.0371 e. The van der Waals surface area contributed by atoms with Gasteiger partial charge in [-0.15, -0.1) is 0 Å². The SMILES string of the molecule is [CH]CCNc1ccncc1. The Morgan fingerprint density at radius 1 is 1.40 bits per heavy atom. The van der Waals surface area contributed by atoms with Gasteiger partial charge < -0.3 is 5.32 Å². The zero-order valence-corrected chi connectivity index (χ0v) is 5.75. The Bertz CT molecular complexity index is 172. The van der Waals surface area contributed by atoms with E-state index in [9.17, 15) is 0 Å². The third kappa shape index (κ3) is 2.05. The van der Waals surface area contributed by atoms with E-state index in [4.69, 9.17) is 6.92 Å². The molecule has 0 amide bonds. The molecule has 2 radical (unpaired) electrons. The molecule has 0 atom stereocenters. The number of nitrogens with zero attached hydrogens (tertiary/aromatic N) is 1. The second kappa shape index (κ2) is 3.88. The Balaban J connectivity index is 2.43. The van der Waals surface area contributed by atoms with E-state index in [0.29, 0.717) is 6.42 Å². The summed E-state index contributed by atoms with van der Waals surface area (Å²) in [5.41, 5.74) is 1.07. The number of hydrogen-bond donors (Lipinski definition) is 1. The van der Waals surface area contributed by atoms with Gasteiger partial charge >= 0.3 is 0 Å². The van der Waals surface area contributed by atoms with Crippen molar-refractivity contribution in [3.05, 3.63) is 31.5 Å². The fraction of sp³-hybridized carbons (Fsp3) is 0.250. The maximum absolute atomic E-state index is 5.30. The smallest absolute Gasteiger partial charge is 0.0371 e. The Hall–Kier alpha value is -1.05. The molecular formula is C8H10N2. The lowest BCUT2D eigenvalue weighted by molar-refractivity contribution is 1.06. The fourth-order valence-corrected chi connectivity index (χ4v) is 0.686. The first-order valence-electron chi connectivity index (χ1n) is 3.27. The first-order valence-corrected chi connectivity index (χ1v) is 3.27. The molecule has 1 aromatic rings. The average Bonchev–Trinajstić information content (AvgIpc) is 2.03. The third-order valence-electron chi connectivity index (χ3n) is 1.15. The lowest BCUT2D eigenvalue weighted by Crippen LogP contribution is -1.98. The highest BCUT2D eigenvalue weighted by molar-refractivity contribution is 5.40. The van der Waals surface area contributed by atoms with Gasteiger partial charge in [-0.2, -0.15) is 0 Å². The summed E-state index contributed by atoms with van der Waals surface area (Å²) >= 11 is 0. The standard InChI is InChI=1S/C8H10N2/c1-2-5-10-8-3-6-9-7-4-8/h1,3-4,6-7H,2,5H2,(H,9,10). The molecule has 1 aromatic heterocycles. The maximum atomic E-state index is 5.30. The van der Waals surface area contributed by atoms with Gasteiger partial charge in [-0.3, -0.25) is 4.98 Å². The Kier molecular flexibility index (Phi) is 2.74. The van der Waals surface area contributed by atoms with Crippen LogP contribution in [0.5, 0.6) is 0 Å². The van der Waals surface area contributed by atoms with Gasteiger partial charge in [-0.05, 0) is 25.5 Å². The van der Waals surface area contributed by atoms with Crippen LogP contribution in [0.15, 0.2) is 24.5 Å². The van der Waals surface area contributed by atoms with Crippen LogP contribution in [0, 0.1) is 6.92 Å². The zero-order chi connectivity index (χ0) is 7.23. The molecule has 0 spiro atoms. The molecule has 0 fully saturated rings. The minimum absolute atomic E-state index is 0.655. The van der Waals surface area contributed by atoms with Gasteiger partial charge in [0.05, 0.1) is 0 Å². The predicted molar refractivity (Wildman–Crippen MR) is 41.6 cm³/mol. The van der Waals surface area contributed by atoms with Crippen LogP contribution in [-0.2, 0) is 0 Å². The van der Waals surface area contributed by atoms with Crippen LogP contribution < -0.4 is 5.32 Å². The minimum atomic E-state index is 0.655. The van der Waals surface area contributed by atoms with E-state index in [-0.39, 0.29) is 0 Å². The molecule has 0 aliphatic heterocycles. The number of aromatic nitrogens is 1. The summed E-state index contributed by atoms with van der Waals surface area (Å²) in [6.07, 6.45) is 4.15. The van der Waals surface area contributed by atoms with Crippen LogP contribution in [0.25, 0.3) is 0 Å². The predicted octanol–water partition coefficient (Wildman–Crippen LogP) is 1.59. The molecule has 0 saturated carbocycles. The Morgan fingerprint density at radius 2 is 2.10 bits per heavy atom. The summed E-state index contributed by atoms with van der Waals surface area (Å²) in [5.74, 6) is 0. The second-order valence-corrected chi connectivity index (χ2v) is 1.95. The fourth-order valence-electron chi connectivity index (χ4n) is 0.686. The van der Waals surface area contributed by atoms with Crippen molar-refractivity contribution >= 4 is 5.69 Å². The lowest BCUT2D eigenvalue weighted by Gasteiger charge is -2.01. The molecular weight excluding hydrogens is 124 g/mol. The molecule has 0 unspecified atom stereocenters. The van der Waals surface area contributed by atoms with Crippen LogP contribution in [-0.4, -0.2) is 11.5 Å². The van der Waals surface area contributed by atoms with Crippen LogP contribution >= 0.6 is 0 Å². The highest BCUT2D eigenvalue weighted by Gasteiger charge is 1.85. The summed E-state index contributed by atoms with van der Waals surface area (Å²) in [5, 5.41) is 3.13. The number of anilines is 1. The lowest BCUT2D eigenvalue weighted by atomic mass is 10.4. The normalized spacial score (nSPS) is 9.30. The van der Waals surface area contributed by atoms with E-state index in [1.54, 1.807) is 12.4 Å². The van der Waals surface area contributed by atoms with Gasteiger partial charge in [-0.1, -0.05) is 0 Å². The van der Waals surface area contributed by atoms with Crippen LogP contribution in [0.4, 0.5) is 5.69 Å². The molecule has 0 aliphatic rings. The zero-order valence-electron chi connectivity index (χ0n) is 5.75. The second-order valence-electron chi connectivity index (χ2n) is 1.95. The number of rotatable bonds is 3. The average molecular weight is 134 g/mol. The molecule has 0 aliphatic carbocycles. The van der Waals surface area contributed by atoms with E-state index >= 15 is 0 Å². The Morgan fingerprint density at radius 3 is 2.70 bits per heavy atom. The van der Waals surface area contributed by atoms with E-state index in [0.717, 1.165) is 12.2 Å². The number of hydrogen-bond acceptors (Lipinski definition) is 2. The molecule has 52 valence electrons. The first kappa shape index (κ1) is 7.06. The molecule has 0 saturated heterocycles. The summed E-state index contributed by atoms with van der Waals surface area (Å²) in [7, 11) is 0. The first-order chi connectivity index (χ1) is 4.93. The molecule has 0 bridgehead atoms. The number of pyridine rings is 1. The number of nitrogens with one attached hydrogen (secondary N) is 1. The highest BCUT2D eigenvalue weighted by atomic mass is 14.9. The monoisotopic (exact) mass is 134 g/mol. The summed E-state index contributed by atoms with van der Waals surface area (Å²) in [4.78, 5) is 3.88. The van der Waals surface area contributed by atoms with E-state index in [2.05, 4.69) is 10.3 Å². The van der Waals surface area contributed by atoms with Crippen molar-refractivity contribution in [1.82, 2.24) is 4.98 Å². The molecule has 0 aromatic carbocycles. The molecule has 1 heterocycles. The quantitative estimate of drug-likeness (QED) is 0.679. The van der Waals surface area contributed by atoms with Gasteiger partial charge in [0.15, 0.2) is 0 Å². The van der Waals surface area contributed by atoms with E-state index in [1.807, 2.05) is 12.1 Å². The van der Waals surface area contributed by atoms with Crippen molar-refractivity contribution < 1.29 is 0 Å². The van der Waals surface area contributed by atoms with Crippen molar-refractivity contribution in [3.8, 4) is 0 Å². The summed E-state index contributed by atoms with van der Waals surface area (Å²) < 4.78 is 0. The summed E-state index contributed by atoms with van der Waals surface area (Å²) in [6, 6.07) is 3.82. The van der Waals surface area contributed by atoms with Crippen LogP contribution in [0.3, 0.4) is 0 Å². The topological polar surface area (TPSA) is 24.9 Å². The largest absolute Gasteiger partial charge is 0.385 e. The van der Waals surface area contributed by atoms with E-state index < -0.39 is 0 Å². The van der Waals surface area contributed by atoms with Crippen molar-refractivity contribution in [2.75, 3.05) is 11.9 Å². The van der Waals surface area contributed by atoms with E-state index in [1.165, 1.54) is 0 Å². The molecule has 10 heavy (non-hydrogen) atoms. The van der Waals surface area contributed by atoms with Gasteiger partial charge in [0.1, 0.15) is 0 Å². The molecule has 1 rings (SSSR count). The Labute approximate surface area is 61.3 Å². The highest BCUT2D eigenvalue weighted by Crippen LogP contribution is 2.01. The van der Waals surface area contributed by atoms with Crippen molar-refractivity contribution in [3.63, 3.8) is 0 Å². The van der Waals surface area contributed by atoms with Gasteiger partial charge in [0.25, 0.3) is 0 Å². The third-order valence-corrected chi connectivity index (χ3v) is 1.15. The van der Waals surface area contributed by atoms with Crippen molar-refractivity contribution in [2.45, 2.75) is 6.42 Å². The van der Waals surface area contributed by atoms with Crippen molar-refractivity contribution in [1.29, 1.82) is 0 Å². The van der Waals surface area contributed by atoms with Crippen LogP contribution in [0.2, 0.25) is 0 Å². The van der Waals surface area contributed by atoms with Crippen LogP contribution in [0.1, 0.15) is 6.42 Å². The van der Waals surface area contributed by atoms with Gasteiger partial charge in [0, 0.05) is 24.6 Å². The van der Waals surface area contributed by atoms with Gasteiger partial charge in [0.2, 0.25) is 0 Å². The molecule has 2 nitrogen and oxygen atoms in total. The molecule has 2 heteroatoms. The minimum Gasteiger partial charge on any atom is -0.385 e. The van der Waals surface area contributed by atoms with Gasteiger partial charge in [-0.25, -0.2) is 0 Å². The summed E-state index contributed by atoms with van der Waals surface area (Å²) in [6.45, 7) is 6.11. The van der Waals surface area contributed by atoms with Crippen molar-refractivity contribution in [2.24, 2.45) is 0 Å². The molecule has 1 N–H and O–H groups in total.